The number of carbonyl (C=O) groups excluding carboxylic acids is 1. The van der Waals surface area contributed by atoms with E-state index < -0.39 is 76.6 Å². The number of alkyl halides is 3. The number of amides is 1. The van der Waals surface area contributed by atoms with Crippen LogP contribution in [0.3, 0.4) is 0 Å². The van der Waals surface area contributed by atoms with E-state index in [1.54, 1.807) is 0 Å². The van der Waals surface area contributed by atoms with E-state index in [0.29, 0.717) is 0 Å². The molecule has 3 aromatic rings. The second-order valence-corrected chi connectivity index (χ2v) is 12.6. The maximum Gasteiger partial charge on any atom is 0.435 e. The van der Waals surface area contributed by atoms with Gasteiger partial charge in [0.05, 0.1) is 16.8 Å². The molecular formula is C23H22F4N4O6S2. The van der Waals surface area contributed by atoms with Gasteiger partial charge in [0, 0.05) is 23.1 Å². The molecule has 1 atom stereocenters. The number of ether oxygens (including phenoxy) is 2. The van der Waals surface area contributed by atoms with Crippen LogP contribution in [0, 0.1) is 24.4 Å². The number of nitrogens with one attached hydrogen (secondary N) is 2. The third-order valence-corrected chi connectivity index (χ3v) is 7.60. The average molecular weight is 591 g/mol. The molecule has 1 unspecified atom stereocenters. The van der Waals surface area contributed by atoms with Crippen LogP contribution in [0.1, 0.15) is 27.2 Å². The number of aromatic nitrogens is 2. The Balaban J connectivity index is 2.20. The van der Waals surface area contributed by atoms with Gasteiger partial charge in [0.15, 0.2) is 32.8 Å². The van der Waals surface area contributed by atoms with E-state index in [-0.39, 0.29) is 16.1 Å². The first-order chi connectivity index (χ1) is 17.9. The lowest BCUT2D eigenvalue weighted by Gasteiger charge is -2.19. The molecule has 3 rings (SSSR count). The molecule has 0 saturated carbocycles. The Morgan fingerprint density at radius 2 is 1.69 bits per heavy atom. The largest absolute Gasteiger partial charge is 0.490 e. The number of anilines is 1. The van der Waals surface area contributed by atoms with Crippen molar-refractivity contribution < 1.29 is 44.5 Å². The van der Waals surface area contributed by atoms with Crippen LogP contribution in [0.2, 0.25) is 0 Å². The minimum atomic E-state index is -5.00. The predicted molar refractivity (Wildman–Crippen MR) is 132 cm³/mol. The van der Waals surface area contributed by atoms with Crippen molar-refractivity contribution in [3.63, 3.8) is 0 Å². The Bertz CT molecular complexity index is 1690. The van der Waals surface area contributed by atoms with Gasteiger partial charge in [-0.2, -0.15) is 13.2 Å². The molecule has 2 aromatic carbocycles. The lowest BCUT2D eigenvalue weighted by Crippen LogP contribution is -2.21. The van der Waals surface area contributed by atoms with Crippen LogP contribution < -0.4 is 14.8 Å². The van der Waals surface area contributed by atoms with Gasteiger partial charge in [0.25, 0.3) is 11.8 Å². The number of hydrogen-bond donors (Lipinski definition) is 2. The fourth-order valence-corrected chi connectivity index (χ4v) is 5.01. The lowest BCUT2D eigenvalue weighted by molar-refractivity contribution is -0.142. The maximum atomic E-state index is 15.0. The molecule has 1 amide bonds. The normalized spacial score (nSPS) is 13.5. The third-order valence-electron chi connectivity index (χ3n) is 5.35. The number of aryl methyl sites for hydroxylation is 1. The van der Waals surface area contributed by atoms with Gasteiger partial charge in [0.1, 0.15) is 10.5 Å². The molecule has 0 saturated heterocycles. The standard InChI is InChI=1S/C23H22F4N4O6S2/c1-11-9-15(39(5,34)35)17(24)19(36-3)18(11)37-22-16(12(2)20(30-31-22)23(25,26)27)21(32)29-13-7-6-8-14(10-13)38(4,28)33/h6-10,28H,1-5H3,(H,29,32). The number of sulfone groups is 1. The average Bonchev–Trinajstić information content (AvgIpc) is 2.79. The Morgan fingerprint density at radius 3 is 2.23 bits per heavy atom. The molecule has 0 spiro atoms. The van der Waals surface area contributed by atoms with Crippen molar-refractivity contribution >= 4 is 31.2 Å². The molecule has 0 aliphatic heterocycles. The second-order valence-electron chi connectivity index (χ2n) is 8.42. The molecule has 210 valence electrons. The molecule has 0 aliphatic rings. The fourth-order valence-electron chi connectivity index (χ4n) is 3.51. The van der Waals surface area contributed by atoms with Gasteiger partial charge in [0.2, 0.25) is 0 Å². The summed E-state index contributed by atoms with van der Waals surface area (Å²) in [5, 5.41) is 8.90. The summed E-state index contributed by atoms with van der Waals surface area (Å²) < 4.78 is 110. The zero-order valence-electron chi connectivity index (χ0n) is 21.1. The van der Waals surface area contributed by atoms with Crippen LogP contribution in [-0.2, 0) is 25.7 Å². The second kappa shape index (κ2) is 10.4. The molecule has 1 aromatic heterocycles. The van der Waals surface area contributed by atoms with Crippen molar-refractivity contribution in [2.45, 2.75) is 29.8 Å². The molecule has 1 heterocycles. The van der Waals surface area contributed by atoms with Gasteiger partial charge in [-0.05, 0) is 49.2 Å². The van der Waals surface area contributed by atoms with Gasteiger partial charge in [-0.1, -0.05) is 6.07 Å². The number of rotatable bonds is 7. The van der Waals surface area contributed by atoms with Crippen molar-refractivity contribution in [3.8, 4) is 17.4 Å². The summed E-state index contributed by atoms with van der Waals surface area (Å²) >= 11 is 0. The zero-order chi connectivity index (χ0) is 29.5. The van der Waals surface area contributed by atoms with Crippen molar-refractivity contribution in [2.75, 3.05) is 24.9 Å². The molecule has 0 aliphatic carbocycles. The first kappa shape index (κ1) is 29.8. The quantitative estimate of drug-likeness (QED) is 0.375. The van der Waals surface area contributed by atoms with Gasteiger partial charge in [-0.25, -0.2) is 21.8 Å². The number of benzene rings is 2. The summed E-state index contributed by atoms with van der Waals surface area (Å²) in [7, 11) is -6.20. The lowest BCUT2D eigenvalue weighted by atomic mass is 10.1. The molecule has 16 heteroatoms. The minimum absolute atomic E-state index is 0.000220. The topological polar surface area (TPSA) is 148 Å². The minimum Gasteiger partial charge on any atom is -0.490 e. The van der Waals surface area contributed by atoms with Gasteiger partial charge >= 0.3 is 6.18 Å². The Morgan fingerprint density at radius 1 is 1.05 bits per heavy atom. The van der Waals surface area contributed by atoms with E-state index in [2.05, 4.69) is 15.5 Å². The summed E-state index contributed by atoms with van der Waals surface area (Å²) in [6.45, 7) is 2.28. The first-order valence-electron chi connectivity index (χ1n) is 10.7. The smallest absolute Gasteiger partial charge is 0.435 e. The van der Waals surface area contributed by atoms with E-state index in [9.17, 15) is 30.6 Å². The van der Waals surface area contributed by atoms with Gasteiger partial charge < -0.3 is 14.8 Å². The van der Waals surface area contributed by atoms with E-state index in [1.807, 2.05) is 0 Å². The molecule has 10 nitrogen and oxygen atoms in total. The van der Waals surface area contributed by atoms with Crippen LogP contribution in [0.5, 0.6) is 17.4 Å². The highest BCUT2D eigenvalue weighted by Crippen LogP contribution is 2.42. The van der Waals surface area contributed by atoms with E-state index >= 15 is 4.39 Å². The van der Waals surface area contributed by atoms with E-state index in [4.69, 9.17) is 14.3 Å². The molecular weight excluding hydrogens is 568 g/mol. The Hall–Kier alpha value is -3.79. The Kier molecular flexibility index (Phi) is 7.94. The van der Waals surface area contributed by atoms with Gasteiger partial charge in [-0.3, -0.25) is 4.79 Å². The number of hydrogen-bond acceptors (Lipinski definition) is 9. The Labute approximate surface area is 221 Å². The number of halogens is 4. The molecule has 0 bridgehead atoms. The summed E-state index contributed by atoms with van der Waals surface area (Å²) in [4.78, 5) is 12.6. The number of nitrogens with zero attached hydrogens (tertiary/aromatic N) is 2. The van der Waals surface area contributed by atoms with Crippen LogP contribution in [0.25, 0.3) is 0 Å². The highest BCUT2D eigenvalue weighted by molar-refractivity contribution is 7.91. The zero-order valence-corrected chi connectivity index (χ0v) is 22.7. The summed E-state index contributed by atoms with van der Waals surface area (Å²) in [6.07, 6.45) is -3.08. The summed E-state index contributed by atoms with van der Waals surface area (Å²) in [5.41, 5.74) is -2.88. The molecule has 0 radical (unpaired) electrons. The van der Waals surface area contributed by atoms with Crippen LogP contribution in [0.15, 0.2) is 40.1 Å². The van der Waals surface area contributed by atoms with Crippen LogP contribution in [0.4, 0.5) is 23.2 Å². The van der Waals surface area contributed by atoms with Crippen molar-refractivity contribution in [2.24, 2.45) is 0 Å². The number of carbonyl (C=O) groups is 1. The highest BCUT2D eigenvalue weighted by atomic mass is 32.2. The van der Waals surface area contributed by atoms with Gasteiger partial charge in [-0.15, -0.1) is 10.2 Å². The van der Waals surface area contributed by atoms with E-state index in [0.717, 1.165) is 32.6 Å². The molecule has 0 fully saturated rings. The summed E-state index contributed by atoms with van der Waals surface area (Å²) in [5.74, 6) is -4.37. The van der Waals surface area contributed by atoms with Crippen LogP contribution in [-0.4, -0.2) is 48.4 Å². The molecule has 2 N–H and O–H groups in total. The fraction of sp³-hybridized carbons (Fsp3) is 0.261. The predicted octanol–water partition coefficient (Wildman–Crippen LogP) is 4.74. The maximum absolute atomic E-state index is 15.0. The summed E-state index contributed by atoms with van der Waals surface area (Å²) in [6, 6.07) is 6.27. The third kappa shape index (κ3) is 6.27. The van der Waals surface area contributed by atoms with E-state index in [1.165, 1.54) is 31.2 Å². The molecule has 39 heavy (non-hydrogen) atoms. The highest BCUT2D eigenvalue weighted by Gasteiger charge is 2.38. The van der Waals surface area contributed by atoms with Crippen molar-refractivity contribution in [3.05, 3.63) is 58.5 Å². The van der Waals surface area contributed by atoms with Crippen molar-refractivity contribution in [1.82, 2.24) is 10.2 Å². The SMILES string of the molecule is COc1c(F)c(S(C)(=O)=O)cc(C)c1Oc1nnc(C(F)(F)F)c(C)c1C(=O)Nc1cccc(S(C)(=N)=O)c1. The monoisotopic (exact) mass is 590 g/mol. The van der Waals surface area contributed by atoms with Crippen molar-refractivity contribution in [1.29, 1.82) is 4.78 Å². The first-order valence-corrected chi connectivity index (χ1v) is 14.6. The number of methoxy groups -OCH3 is 1. The van der Waals surface area contributed by atoms with Crippen LogP contribution >= 0.6 is 0 Å².